The second kappa shape index (κ2) is 27.0. The maximum Gasteiger partial charge on any atom is 0.410 e. The van der Waals surface area contributed by atoms with Crippen molar-refractivity contribution in [2.75, 3.05) is 67.6 Å². The number of aromatic amines is 2. The Hall–Kier alpha value is -6.91. The summed E-state index contributed by atoms with van der Waals surface area (Å²) in [4.78, 5) is 55.4. The molecule has 0 saturated heterocycles. The highest BCUT2D eigenvalue weighted by Crippen LogP contribution is 2.33. The van der Waals surface area contributed by atoms with Crippen LogP contribution in [0.4, 0.5) is 18.4 Å². The van der Waals surface area contributed by atoms with Gasteiger partial charge < -0.3 is 39.0 Å². The summed E-state index contributed by atoms with van der Waals surface area (Å²) in [6.45, 7) is 12.6. The van der Waals surface area contributed by atoms with Gasteiger partial charge in [-0.15, -0.1) is 0 Å². The van der Waals surface area contributed by atoms with Gasteiger partial charge in [0.2, 0.25) is 5.91 Å². The number of benzene rings is 4. The van der Waals surface area contributed by atoms with Crippen molar-refractivity contribution in [3.8, 4) is 34.0 Å². The highest BCUT2D eigenvalue weighted by Gasteiger charge is 2.24. The number of aromatic nitrogens is 6. The first-order valence-electron chi connectivity index (χ1n) is 23.8. The van der Waals surface area contributed by atoms with Gasteiger partial charge in [-0.25, -0.2) is 23.4 Å². The fraction of sp³-hybridized carbons (Fsp3) is 0.377. The highest BCUT2D eigenvalue weighted by molar-refractivity contribution is 9.10. The molecule has 0 aliphatic heterocycles. The molecule has 3 heterocycles. The van der Waals surface area contributed by atoms with Crippen molar-refractivity contribution >= 4 is 77.7 Å². The monoisotopic (exact) mass is 1160 g/mol. The number of nitrogens with zero attached hydrogens (tertiary/aromatic N) is 7. The van der Waals surface area contributed by atoms with Crippen molar-refractivity contribution in [1.29, 1.82) is 0 Å². The summed E-state index contributed by atoms with van der Waals surface area (Å²) < 4.78 is 54.0. The molecule has 0 saturated carbocycles. The van der Waals surface area contributed by atoms with Gasteiger partial charge in [-0.2, -0.15) is 10.2 Å². The van der Waals surface area contributed by atoms with E-state index in [0.717, 1.165) is 43.7 Å². The lowest BCUT2D eigenvalue weighted by Crippen LogP contribution is -2.42. The van der Waals surface area contributed by atoms with Crippen LogP contribution in [0.1, 0.15) is 59.2 Å². The van der Waals surface area contributed by atoms with E-state index in [4.69, 9.17) is 18.9 Å². The van der Waals surface area contributed by atoms with E-state index < -0.39 is 29.2 Å². The summed E-state index contributed by atoms with van der Waals surface area (Å²) in [5.41, 5.74) is 2.46. The van der Waals surface area contributed by atoms with Crippen molar-refractivity contribution in [2.45, 2.75) is 65.6 Å². The average molecular weight is 1170 g/mol. The third kappa shape index (κ3) is 18.2. The standard InChI is InChI=1S/C25H30BrFN4O4.C17H17BrFN3O.C11H17N3O3/c1-25(2,3)35-24(33)31(5)15-22(32)30(4)11-6-12-34-17-8-10-18(20(27)14-17)23-19-9-7-16(26)13-21(19)28-29-23;1-20-7-2-8-23-12-4-6-13(15(19)10-12)17-14-5-3-11(18)9-16(14)21-22-17;1-11(2,3)17-10(16)13(4)7-9(15)14-6-5-12-8-14/h7-10,13-14H,6,11-12,15H2,1-5H3,(H,28,29);3-6,9-10,20H,2,7-8H2,1H3,(H,21,22);5-6,8H,7H2,1-4H3. The maximum absolute atomic E-state index is 14.8. The Balaban J connectivity index is 0.000000224. The van der Waals surface area contributed by atoms with Crippen LogP contribution in [0.2, 0.25) is 0 Å². The summed E-state index contributed by atoms with van der Waals surface area (Å²) in [5.74, 6) is -0.302. The zero-order valence-electron chi connectivity index (χ0n) is 43.7. The van der Waals surface area contributed by atoms with Crippen LogP contribution in [-0.4, -0.2) is 147 Å². The van der Waals surface area contributed by atoms with Crippen LogP contribution in [0, 0.1) is 11.6 Å². The molecule has 0 spiro atoms. The SMILES string of the molecule is CN(CC(=O)n1ccnc1)C(=O)OC(C)(C)C.CN(CCCOc1ccc(-c2n[nH]c3cc(Br)ccc23)c(F)c1)C(=O)CN(C)C(=O)OC(C)(C)C.CNCCCOc1ccc(-c2n[nH]c3cc(Br)ccc23)c(F)c1. The lowest BCUT2D eigenvalue weighted by atomic mass is 10.1. The molecule has 0 aliphatic rings. The molecule has 0 radical (unpaired) electrons. The molecule has 0 bridgehead atoms. The Bertz CT molecular complexity index is 3030. The number of halogens is 4. The zero-order valence-corrected chi connectivity index (χ0v) is 46.9. The van der Waals surface area contributed by atoms with Crippen LogP contribution in [-0.2, 0) is 14.3 Å². The van der Waals surface area contributed by atoms with Crippen molar-refractivity contribution < 1.29 is 46.9 Å². The van der Waals surface area contributed by atoms with E-state index in [0.29, 0.717) is 60.2 Å². The van der Waals surface area contributed by atoms with Gasteiger partial charge >= 0.3 is 12.2 Å². The van der Waals surface area contributed by atoms with E-state index in [-0.39, 0.29) is 30.7 Å². The molecule has 18 nitrogen and oxygen atoms in total. The Labute approximate surface area is 451 Å². The summed E-state index contributed by atoms with van der Waals surface area (Å²) in [5, 5.41) is 19.1. The van der Waals surface area contributed by atoms with E-state index in [1.165, 1.54) is 64.2 Å². The predicted octanol–water partition coefficient (Wildman–Crippen LogP) is 10.7. The van der Waals surface area contributed by atoms with Crippen LogP contribution in [0.3, 0.4) is 0 Å². The second-order valence-corrected chi connectivity index (χ2v) is 21.0. The summed E-state index contributed by atoms with van der Waals surface area (Å²) >= 11 is 6.83. The molecule has 3 N–H and O–H groups in total. The molecule has 22 heteroatoms. The molecule has 0 aliphatic carbocycles. The van der Waals surface area contributed by atoms with Crippen molar-refractivity contribution in [3.05, 3.63) is 112 Å². The number of amides is 3. The highest BCUT2D eigenvalue weighted by atomic mass is 79.9. The molecule has 3 aromatic heterocycles. The molecule has 7 aromatic rings. The molecule has 0 atom stereocenters. The van der Waals surface area contributed by atoms with Gasteiger partial charge in [0.05, 0.1) is 24.2 Å². The minimum absolute atomic E-state index is 0.0503. The Kier molecular flexibility index (Phi) is 21.3. The quantitative estimate of drug-likeness (QED) is 0.0774. The number of hydrogen-bond acceptors (Lipinski definition) is 12. The van der Waals surface area contributed by atoms with E-state index in [1.54, 1.807) is 72.9 Å². The van der Waals surface area contributed by atoms with Gasteiger partial charge in [0.1, 0.15) is 65.1 Å². The second-order valence-electron chi connectivity index (χ2n) is 19.2. The normalized spacial score (nSPS) is 11.2. The number of imidazole rings is 1. The molecule has 402 valence electrons. The Morgan fingerprint density at radius 3 is 1.59 bits per heavy atom. The number of carbonyl (C=O) groups excluding carboxylic acids is 4. The lowest BCUT2D eigenvalue weighted by Gasteiger charge is -2.26. The van der Waals surface area contributed by atoms with Crippen LogP contribution in [0.15, 0.2) is 100 Å². The predicted molar refractivity (Wildman–Crippen MR) is 291 cm³/mol. The lowest BCUT2D eigenvalue weighted by molar-refractivity contribution is -0.130. The van der Waals surface area contributed by atoms with Crippen molar-refractivity contribution in [3.63, 3.8) is 0 Å². The zero-order chi connectivity index (χ0) is 55.0. The number of rotatable bonds is 16. The summed E-state index contributed by atoms with van der Waals surface area (Å²) in [6.07, 6.45) is 4.77. The van der Waals surface area contributed by atoms with Crippen molar-refractivity contribution in [1.82, 2.24) is 50.0 Å². The number of hydrogen-bond donors (Lipinski definition) is 3. The fourth-order valence-corrected chi connectivity index (χ4v) is 7.55. The van der Waals surface area contributed by atoms with Gasteiger partial charge in [0.15, 0.2) is 0 Å². The first kappa shape index (κ1) is 59.0. The topological polar surface area (TPSA) is 202 Å². The van der Waals surface area contributed by atoms with E-state index >= 15 is 0 Å². The minimum Gasteiger partial charge on any atom is -0.493 e. The molecule has 0 unspecified atom stereocenters. The number of likely N-dealkylation sites (N-methyl/N-ethyl adjacent to an activating group) is 3. The molecule has 75 heavy (non-hydrogen) atoms. The van der Waals surface area contributed by atoms with Gasteiger partial charge in [-0.3, -0.25) is 24.4 Å². The van der Waals surface area contributed by atoms with E-state index in [1.807, 2.05) is 43.4 Å². The Morgan fingerprint density at radius 2 is 1.15 bits per heavy atom. The van der Waals surface area contributed by atoms with Gasteiger partial charge in [0, 0.05) is 83.1 Å². The number of carbonyl (C=O) groups is 4. The molecule has 7 rings (SSSR count). The first-order valence-corrected chi connectivity index (χ1v) is 25.4. The number of H-pyrrole nitrogens is 2. The van der Waals surface area contributed by atoms with Crippen LogP contribution in [0.5, 0.6) is 11.5 Å². The number of ether oxygens (including phenoxy) is 4. The summed E-state index contributed by atoms with van der Waals surface area (Å²) in [6, 6.07) is 21.0. The van der Waals surface area contributed by atoms with E-state index in [9.17, 15) is 28.0 Å². The van der Waals surface area contributed by atoms with E-state index in [2.05, 4.69) is 62.6 Å². The third-order valence-electron chi connectivity index (χ3n) is 10.6. The smallest absolute Gasteiger partial charge is 0.410 e. The van der Waals surface area contributed by atoms with Crippen molar-refractivity contribution in [2.24, 2.45) is 0 Å². The fourth-order valence-electron chi connectivity index (χ4n) is 6.83. The molecule has 3 amide bonds. The molecule has 0 fully saturated rings. The van der Waals surface area contributed by atoms with Gasteiger partial charge in [-0.05, 0) is 129 Å². The molecular weight excluding hydrogens is 1100 g/mol. The van der Waals surface area contributed by atoms with Crippen LogP contribution in [0.25, 0.3) is 44.3 Å². The summed E-state index contributed by atoms with van der Waals surface area (Å²) in [7, 11) is 6.59. The number of fused-ring (bicyclic) bond motifs is 2. The first-order chi connectivity index (χ1) is 35.4. The van der Waals surface area contributed by atoms with Crippen LogP contribution >= 0.6 is 31.9 Å². The molecule has 4 aromatic carbocycles. The van der Waals surface area contributed by atoms with Gasteiger partial charge in [0.25, 0.3) is 5.91 Å². The number of nitrogens with one attached hydrogen (secondary N) is 3. The third-order valence-corrected chi connectivity index (χ3v) is 11.5. The average Bonchev–Trinajstić information content (AvgIpc) is 4.12. The van der Waals surface area contributed by atoms with Gasteiger partial charge in [-0.1, -0.05) is 31.9 Å². The molecular formula is C53H64Br2F2N10O8. The maximum atomic E-state index is 14.8. The Morgan fingerprint density at radius 1 is 0.667 bits per heavy atom. The largest absolute Gasteiger partial charge is 0.493 e. The minimum atomic E-state index is -0.626. The van der Waals surface area contributed by atoms with Crippen LogP contribution < -0.4 is 14.8 Å².